The van der Waals surface area contributed by atoms with E-state index in [1.807, 2.05) is 38.1 Å². The summed E-state index contributed by atoms with van der Waals surface area (Å²) in [5.41, 5.74) is 0.859. The van der Waals surface area contributed by atoms with Crippen molar-refractivity contribution < 1.29 is 19.4 Å². The van der Waals surface area contributed by atoms with E-state index >= 15 is 0 Å². The van der Waals surface area contributed by atoms with Gasteiger partial charge in [-0.3, -0.25) is 0 Å². The molecule has 0 aliphatic rings. The molecular formula is C20H32ClIO4. The number of hydrogen-bond acceptors (Lipinski definition) is 4. The quantitative estimate of drug-likeness (QED) is 0.114. The van der Waals surface area contributed by atoms with Crippen LogP contribution in [0.3, 0.4) is 0 Å². The number of unbranched alkanes of at least 4 members (excludes halogenated alkanes) is 1. The average Bonchev–Trinajstić information content (AvgIpc) is 2.65. The Hall–Kier alpha value is -0.370. The summed E-state index contributed by atoms with van der Waals surface area (Å²) < 4.78 is 12.4. The first-order valence-electron chi connectivity index (χ1n) is 9.39. The fourth-order valence-electron chi connectivity index (χ4n) is 2.46. The molecule has 1 atom stereocenters. The van der Waals surface area contributed by atoms with Gasteiger partial charge in [0.1, 0.15) is 0 Å². The van der Waals surface area contributed by atoms with Gasteiger partial charge in [-0.2, -0.15) is 0 Å². The fraction of sp³-hybridized carbons (Fsp3) is 0.650. The van der Waals surface area contributed by atoms with Crippen LogP contribution in [0.1, 0.15) is 71.0 Å². The number of carbonyl (C=O) groups is 1. The van der Waals surface area contributed by atoms with Gasteiger partial charge in [-0.05, 0) is 0 Å². The Morgan fingerprint density at radius 1 is 1.23 bits per heavy atom. The molecule has 150 valence electrons. The summed E-state index contributed by atoms with van der Waals surface area (Å²) >= 11 is 5.64. The number of benzene rings is 1. The van der Waals surface area contributed by atoms with Gasteiger partial charge in [-0.1, -0.05) is 0 Å². The molecule has 0 saturated carbocycles. The zero-order valence-corrected chi connectivity index (χ0v) is 19.1. The number of ether oxygens (including phenoxy) is 2. The van der Waals surface area contributed by atoms with Crippen LogP contribution in [-0.2, 0) is 9.47 Å². The molecule has 1 N–H and O–H groups in total. The van der Waals surface area contributed by atoms with Crippen LogP contribution in [0.5, 0.6) is 0 Å². The molecule has 0 aliphatic heterocycles. The van der Waals surface area contributed by atoms with Crippen molar-refractivity contribution in [1.29, 1.82) is 0 Å². The first-order chi connectivity index (χ1) is 12.5. The van der Waals surface area contributed by atoms with Gasteiger partial charge in [0.2, 0.25) is 0 Å². The molecule has 1 aromatic carbocycles. The van der Waals surface area contributed by atoms with Crippen LogP contribution in [0.4, 0.5) is 4.79 Å². The molecule has 0 aromatic heterocycles. The van der Waals surface area contributed by atoms with Gasteiger partial charge in [0.05, 0.1) is 0 Å². The van der Waals surface area contributed by atoms with Gasteiger partial charge in [0.15, 0.2) is 0 Å². The number of halogens is 2. The van der Waals surface area contributed by atoms with Crippen molar-refractivity contribution in [1.82, 2.24) is 0 Å². The van der Waals surface area contributed by atoms with Crippen molar-refractivity contribution in [3.63, 3.8) is 0 Å². The fourth-order valence-corrected chi connectivity index (χ4v) is 4.91. The Morgan fingerprint density at radius 3 is 2.54 bits per heavy atom. The van der Waals surface area contributed by atoms with E-state index in [1.54, 1.807) is 0 Å². The van der Waals surface area contributed by atoms with E-state index in [0.717, 1.165) is 22.8 Å². The number of alkyl halides is 1. The van der Waals surface area contributed by atoms with Gasteiger partial charge in [-0.25, -0.2) is 0 Å². The van der Waals surface area contributed by atoms with Crippen LogP contribution in [0, 0.1) is 0 Å². The monoisotopic (exact) mass is 498 g/mol. The molecule has 1 rings (SSSR count). The minimum absolute atomic E-state index is 0.0160. The van der Waals surface area contributed by atoms with Crippen LogP contribution < -0.4 is 0 Å². The van der Waals surface area contributed by atoms with Crippen LogP contribution in [0.15, 0.2) is 24.3 Å². The zero-order valence-electron chi connectivity index (χ0n) is 16.0. The maximum atomic E-state index is 11.8. The molecule has 0 heterocycles. The number of hydrogen-bond donors (Lipinski definition) is 1. The van der Waals surface area contributed by atoms with Crippen molar-refractivity contribution in [2.45, 2.75) is 71.2 Å². The summed E-state index contributed by atoms with van der Waals surface area (Å²) in [6, 6.07) is 7.52. The van der Waals surface area contributed by atoms with E-state index < -0.39 is 27.0 Å². The third kappa shape index (κ3) is 8.55. The standard InChI is InChI=1S/C20H32ClIO4/c1-4-7-14-22-19(23)25-15-10-13-18(26-20(24,5-2)6-3)16-11-8-9-12-17(16)21/h8-9,11-12,18,22,24H,4-7,10,13-15H2,1-3H3. The molecular weight excluding hydrogens is 467 g/mol. The number of aliphatic hydroxyl groups is 1. The Morgan fingerprint density at radius 2 is 1.92 bits per heavy atom. The van der Waals surface area contributed by atoms with Gasteiger partial charge < -0.3 is 0 Å². The Labute approximate surface area is 172 Å². The van der Waals surface area contributed by atoms with E-state index in [9.17, 15) is 9.90 Å². The molecule has 0 fully saturated rings. The van der Waals surface area contributed by atoms with Gasteiger partial charge in [-0.15, -0.1) is 0 Å². The van der Waals surface area contributed by atoms with Gasteiger partial charge >= 0.3 is 173 Å². The molecule has 26 heavy (non-hydrogen) atoms. The SMILES string of the molecule is CCCC[IH]C(=O)OCCCC(OC(O)(CC)CC)c1ccccc1Cl. The molecule has 0 radical (unpaired) electrons. The predicted molar refractivity (Wildman–Crippen MR) is 117 cm³/mol. The van der Waals surface area contributed by atoms with Crippen molar-refractivity contribution in [2.24, 2.45) is 0 Å². The molecule has 0 aliphatic carbocycles. The summed E-state index contributed by atoms with van der Waals surface area (Å²) in [5, 5.41) is 11.2. The van der Waals surface area contributed by atoms with Crippen molar-refractivity contribution in [3.05, 3.63) is 34.9 Å². The molecule has 1 unspecified atom stereocenters. The number of carbonyl (C=O) groups excluding carboxylic acids is 1. The normalized spacial score (nSPS) is 13.0. The molecule has 0 bridgehead atoms. The third-order valence-electron chi connectivity index (χ3n) is 4.27. The molecule has 0 saturated heterocycles. The number of rotatable bonds is 13. The summed E-state index contributed by atoms with van der Waals surface area (Å²) in [6.07, 6.45) is 4.20. The summed E-state index contributed by atoms with van der Waals surface area (Å²) in [6.45, 7) is 6.31. The first kappa shape index (κ1) is 23.7. The second-order valence-corrected chi connectivity index (χ2v) is 9.57. The third-order valence-corrected chi connectivity index (χ3v) is 7.03. The zero-order chi connectivity index (χ0) is 19.4. The summed E-state index contributed by atoms with van der Waals surface area (Å²) in [4.78, 5) is 11.8. The topological polar surface area (TPSA) is 55.8 Å². The van der Waals surface area contributed by atoms with Gasteiger partial charge in [0.25, 0.3) is 0 Å². The van der Waals surface area contributed by atoms with Crippen LogP contribution in [0.25, 0.3) is 0 Å². The molecule has 0 spiro atoms. The molecule has 1 aromatic rings. The van der Waals surface area contributed by atoms with E-state index in [1.165, 1.54) is 0 Å². The average molecular weight is 499 g/mol. The minimum atomic E-state index is -1.17. The summed E-state index contributed by atoms with van der Waals surface area (Å²) in [7, 11) is 0. The van der Waals surface area contributed by atoms with Crippen molar-refractivity contribution >= 4 is 36.8 Å². The van der Waals surface area contributed by atoms with Crippen LogP contribution in [-0.4, -0.2) is 25.9 Å². The van der Waals surface area contributed by atoms with Crippen molar-refractivity contribution in [3.8, 4) is 0 Å². The van der Waals surface area contributed by atoms with Crippen LogP contribution in [0.2, 0.25) is 5.02 Å². The Kier molecular flexibility index (Phi) is 11.8. The van der Waals surface area contributed by atoms with Crippen LogP contribution >= 0.6 is 32.8 Å². The van der Waals surface area contributed by atoms with E-state index in [4.69, 9.17) is 21.1 Å². The second kappa shape index (κ2) is 12.9. The van der Waals surface area contributed by atoms with Crippen molar-refractivity contribution in [2.75, 3.05) is 11.0 Å². The molecule has 4 nitrogen and oxygen atoms in total. The second-order valence-electron chi connectivity index (χ2n) is 6.22. The van der Waals surface area contributed by atoms with Gasteiger partial charge in [0, 0.05) is 0 Å². The van der Waals surface area contributed by atoms with E-state index in [0.29, 0.717) is 37.3 Å². The first-order valence-corrected chi connectivity index (χ1v) is 12.6. The van der Waals surface area contributed by atoms with E-state index in [-0.39, 0.29) is 10.1 Å². The molecule has 6 heteroatoms. The Balaban J connectivity index is 2.61. The Bertz CT molecular complexity index is 534. The molecule has 0 amide bonds. The van der Waals surface area contributed by atoms with E-state index in [2.05, 4.69) is 6.92 Å². The predicted octanol–water partition coefficient (Wildman–Crippen LogP) is 6.33. The maximum absolute atomic E-state index is 11.8. The summed E-state index contributed by atoms with van der Waals surface area (Å²) in [5.74, 6) is -1.17.